The Balaban J connectivity index is 0.000000349. The number of hydrogen-bond donors (Lipinski definition) is 2. The van der Waals surface area contributed by atoms with E-state index in [4.69, 9.17) is 0 Å². The van der Waals surface area contributed by atoms with Crippen molar-refractivity contribution in [3.8, 4) is 0 Å². The lowest BCUT2D eigenvalue weighted by atomic mass is 10.0. The maximum absolute atomic E-state index is 2.46. The van der Waals surface area contributed by atoms with E-state index in [0.717, 1.165) is 19.9 Å². The van der Waals surface area contributed by atoms with E-state index < -0.39 is 0 Å². The van der Waals surface area contributed by atoms with Crippen molar-refractivity contribution < 1.29 is 9.80 Å². The molecule has 0 amide bonds. The fourth-order valence-electron chi connectivity index (χ4n) is 9.41. The number of unbranched alkanes of at least 4 members (excludes halogenated alkanes) is 31. The molecule has 0 fully saturated rings. The monoisotopic (exact) mass is 891 g/mol. The largest absolute Gasteiger partial charge is 0.359 e. The summed E-state index contributed by atoms with van der Waals surface area (Å²) in [6.07, 6.45) is 62.3. The lowest BCUT2D eigenvalue weighted by molar-refractivity contribution is -0.849. The number of quaternary nitrogens is 2. The second kappa shape index (κ2) is 43.1. The van der Waals surface area contributed by atoms with E-state index in [9.17, 15) is 0 Å². The summed E-state index contributed by atoms with van der Waals surface area (Å²) < 4.78 is 0. The Morgan fingerprint density at radius 2 is 0.703 bits per heavy atom. The molecule has 2 unspecified atom stereocenters. The topological polar surface area (TPSA) is 21.8 Å². The van der Waals surface area contributed by atoms with E-state index >= 15 is 0 Å². The van der Waals surface area contributed by atoms with Gasteiger partial charge in [0.05, 0.1) is 32.2 Å². The van der Waals surface area contributed by atoms with Gasteiger partial charge in [-0.2, -0.15) is 0 Å². The first kappa shape index (κ1) is 57.7. The fraction of sp³-hybridized carbons (Fsp3) is 0.793. The van der Waals surface area contributed by atoms with Crippen molar-refractivity contribution in [1.29, 1.82) is 0 Å². The summed E-state index contributed by atoms with van der Waals surface area (Å²) in [5.74, 6) is 0. The molecule has 6 heteroatoms. The molecule has 2 atom stereocenters. The van der Waals surface area contributed by atoms with Crippen LogP contribution in [-0.2, 0) is 6.54 Å². The minimum atomic E-state index is 1.02. The van der Waals surface area contributed by atoms with Gasteiger partial charge >= 0.3 is 0 Å². The van der Waals surface area contributed by atoms with E-state index in [2.05, 4.69) is 122 Å². The van der Waals surface area contributed by atoms with Gasteiger partial charge in [0, 0.05) is 39.6 Å². The van der Waals surface area contributed by atoms with Gasteiger partial charge in [-0.05, 0) is 37.7 Å². The van der Waals surface area contributed by atoms with Gasteiger partial charge in [0.1, 0.15) is 12.4 Å². The molecule has 1 aromatic carbocycles. The molecule has 0 spiro atoms. The molecule has 0 bridgehead atoms. The Morgan fingerprint density at radius 3 is 1.05 bits per heavy atom. The second-order valence-electron chi connectivity index (χ2n) is 20.2. The van der Waals surface area contributed by atoms with Crippen LogP contribution in [0.15, 0.2) is 67.5 Å². The maximum atomic E-state index is 2.46. The molecule has 4 rings (SSSR count). The van der Waals surface area contributed by atoms with Crippen molar-refractivity contribution in [2.24, 2.45) is 0 Å². The summed E-state index contributed by atoms with van der Waals surface area (Å²) in [7, 11) is 4.31. The molecule has 3 heterocycles. The highest BCUT2D eigenvalue weighted by molar-refractivity contribution is 5.15. The Morgan fingerprint density at radius 1 is 0.375 bits per heavy atom. The van der Waals surface area contributed by atoms with E-state index in [1.165, 1.54) is 250 Å². The van der Waals surface area contributed by atoms with Gasteiger partial charge in [0.2, 0.25) is 0 Å². The van der Waals surface area contributed by atoms with E-state index in [1.807, 2.05) is 0 Å². The predicted molar refractivity (Wildman–Crippen MR) is 282 cm³/mol. The second-order valence-corrected chi connectivity index (χ2v) is 20.2. The summed E-state index contributed by atoms with van der Waals surface area (Å²) in [5, 5.41) is 0. The lowest BCUT2D eigenvalue weighted by Crippen LogP contribution is -3.07. The molecule has 0 saturated carbocycles. The van der Waals surface area contributed by atoms with Gasteiger partial charge in [-0.1, -0.05) is 237 Å². The minimum absolute atomic E-state index is 1.02. The van der Waals surface area contributed by atoms with Gasteiger partial charge in [0.25, 0.3) is 0 Å². The molecule has 1 aromatic rings. The van der Waals surface area contributed by atoms with Gasteiger partial charge in [-0.15, -0.1) is 0 Å². The van der Waals surface area contributed by atoms with Crippen LogP contribution >= 0.6 is 0 Å². The van der Waals surface area contributed by atoms with Gasteiger partial charge in [-0.25, -0.2) is 0 Å². The first-order valence-corrected chi connectivity index (χ1v) is 28.2. The third-order valence-electron chi connectivity index (χ3n) is 13.6. The first-order chi connectivity index (χ1) is 31.5. The summed E-state index contributed by atoms with van der Waals surface area (Å²) in [5.41, 5.74) is 1.39. The summed E-state index contributed by atoms with van der Waals surface area (Å²) >= 11 is 0. The number of hydrogen-bond acceptors (Lipinski definition) is 4. The van der Waals surface area contributed by atoms with Crippen LogP contribution < -0.4 is 9.80 Å². The molecule has 3 aliphatic heterocycles. The van der Waals surface area contributed by atoms with Crippen LogP contribution in [0.1, 0.15) is 245 Å². The molecular formula is C58H110N6+2. The van der Waals surface area contributed by atoms with Crippen LogP contribution in [0.3, 0.4) is 0 Å². The van der Waals surface area contributed by atoms with Crippen molar-refractivity contribution in [2.75, 3.05) is 53.7 Å². The van der Waals surface area contributed by atoms with E-state index in [0.29, 0.717) is 0 Å². The summed E-state index contributed by atoms with van der Waals surface area (Å²) in [6, 6.07) is 10.8. The van der Waals surface area contributed by atoms with Crippen LogP contribution in [0, 0.1) is 0 Å². The fourth-order valence-corrected chi connectivity index (χ4v) is 9.41. The SMILES string of the molecule is CCCCCCCCCCCCCCCCN1C=CN(Cc2ccccc2)C1.CCCCCCCCCCCCCCCC[NH+]1C=CN(C)C1.CCCCCCCC[NH+]1C=CN(C)C1. The highest BCUT2D eigenvalue weighted by Crippen LogP contribution is 2.16. The molecule has 0 aliphatic carbocycles. The Hall–Kier alpha value is -2.44. The Bertz CT molecular complexity index is 1200. The van der Waals surface area contributed by atoms with Crippen molar-refractivity contribution in [1.82, 2.24) is 19.6 Å². The van der Waals surface area contributed by atoms with E-state index in [-0.39, 0.29) is 0 Å². The molecular weight excluding hydrogens is 781 g/mol. The zero-order valence-electron chi connectivity index (χ0n) is 43.6. The molecule has 64 heavy (non-hydrogen) atoms. The van der Waals surface area contributed by atoms with Gasteiger partial charge in [-0.3, -0.25) is 9.80 Å². The normalized spacial score (nSPS) is 16.5. The third kappa shape index (κ3) is 34.8. The zero-order valence-corrected chi connectivity index (χ0v) is 43.6. The smallest absolute Gasteiger partial charge is 0.156 e. The first-order valence-electron chi connectivity index (χ1n) is 28.2. The summed E-state index contributed by atoms with van der Waals surface area (Å²) in [4.78, 5) is 12.6. The Labute approximate surface area is 400 Å². The average molecular weight is 892 g/mol. The van der Waals surface area contributed by atoms with Gasteiger partial charge < -0.3 is 19.6 Å². The summed E-state index contributed by atoms with van der Waals surface area (Å²) in [6.45, 7) is 15.1. The van der Waals surface area contributed by atoms with E-state index in [1.54, 1.807) is 9.80 Å². The van der Waals surface area contributed by atoms with Crippen molar-refractivity contribution in [3.63, 3.8) is 0 Å². The highest BCUT2D eigenvalue weighted by atomic mass is 15.3. The van der Waals surface area contributed by atoms with Gasteiger partial charge in [0.15, 0.2) is 13.3 Å². The van der Waals surface area contributed by atoms with Crippen molar-refractivity contribution in [3.05, 3.63) is 73.1 Å². The quantitative estimate of drug-likeness (QED) is 0.0643. The predicted octanol–water partition coefficient (Wildman–Crippen LogP) is 14.0. The number of nitrogens with one attached hydrogen (secondary N) is 2. The highest BCUT2D eigenvalue weighted by Gasteiger charge is 2.14. The van der Waals surface area contributed by atoms with Crippen molar-refractivity contribution >= 4 is 0 Å². The van der Waals surface area contributed by atoms with Crippen LogP contribution in [0.4, 0.5) is 0 Å². The molecule has 2 N–H and O–H groups in total. The van der Waals surface area contributed by atoms with Crippen LogP contribution in [0.25, 0.3) is 0 Å². The Kier molecular flexibility index (Phi) is 38.9. The lowest BCUT2D eigenvalue weighted by Gasteiger charge is -2.21. The maximum Gasteiger partial charge on any atom is 0.156 e. The molecule has 6 nitrogen and oxygen atoms in total. The average Bonchev–Trinajstić information content (AvgIpc) is 4.06. The molecule has 0 aromatic heterocycles. The number of benzene rings is 1. The number of nitrogens with zero attached hydrogens (tertiary/aromatic N) is 4. The van der Waals surface area contributed by atoms with Crippen LogP contribution in [0.2, 0.25) is 0 Å². The molecule has 3 aliphatic rings. The zero-order chi connectivity index (χ0) is 45.8. The molecule has 370 valence electrons. The third-order valence-corrected chi connectivity index (χ3v) is 13.6. The van der Waals surface area contributed by atoms with Crippen LogP contribution in [0.5, 0.6) is 0 Å². The standard InChI is InChI=1S/C26H44N2.C20H40N2.C12H24N2/c1-2-3-4-5-6-7-8-9-10-11-12-13-14-18-21-27-22-23-28(25-27)24-26-19-16-15-17-20-26;1-3-4-5-6-7-8-9-10-11-12-13-14-15-16-17-22-19-18-21(2)20-22;1-3-4-5-6-7-8-9-14-11-10-13(2)12-14/h15-17,19-20,22-23H,2-14,18,21,24-25H2,1H3;18-19H,3-17,20H2,1-2H3;10-11H,3-9,12H2,1-2H3/p+2. The minimum Gasteiger partial charge on any atom is -0.359 e. The van der Waals surface area contributed by atoms with Crippen molar-refractivity contribution in [2.45, 2.75) is 246 Å². The number of rotatable bonds is 39. The van der Waals surface area contributed by atoms with Crippen LogP contribution in [-0.4, -0.2) is 73.3 Å². The molecule has 0 saturated heterocycles. The molecule has 0 radical (unpaired) electrons.